The summed E-state index contributed by atoms with van der Waals surface area (Å²) < 4.78 is 6.31. The van der Waals surface area contributed by atoms with E-state index in [0.717, 1.165) is 17.1 Å². The Hall–Kier alpha value is -5.40. The van der Waals surface area contributed by atoms with Crippen LogP contribution in [-0.4, -0.2) is 0 Å². The van der Waals surface area contributed by atoms with Crippen molar-refractivity contribution in [1.29, 1.82) is 0 Å². The lowest BCUT2D eigenvalue weighted by Gasteiger charge is -2.22. The summed E-state index contributed by atoms with van der Waals surface area (Å²) in [4.78, 5) is 0. The summed E-state index contributed by atoms with van der Waals surface area (Å²) in [7, 11) is 0. The molecule has 8 aromatic rings. The highest BCUT2D eigenvalue weighted by Crippen LogP contribution is 2.47. The molecule has 0 radical (unpaired) electrons. The zero-order valence-corrected chi connectivity index (χ0v) is 22.3. The van der Waals surface area contributed by atoms with Gasteiger partial charge in [-0.15, -0.1) is 0 Å². The second kappa shape index (κ2) is 8.55. The van der Waals surface area contributed by atoms with Crippen molar-refractivity contribution in [2.75, 3.05) is 0 Å². The van der Waals surface area contributed by atoms with Crippen molar-refractivity contribution in [1.82, 2.24) is 0 Å². The standard InChI is InChI=1S/C40H24O/c1-2-8-34-25(5-1)11-16-33-23-31(17-19-35(33)34)29-13-12-28-22-30(15-14-27(28)21-29)32-18-20-38-37(24-32)36-9-3-6-26-7-4-10-39(41-38)40(26)36/h1-24H. The van der Waals surface area contributed by atoms with E-state index in [9.17, 15) is 0 Å². The monoisotopic (exact) mass is 520 g/mol. The van der Waals surface area contributed by atoms with Gasteiger partial charge in [-0.3, -0.25) is 0 Å². The van der Waals surface area contributed by atoms with Crippen molar-refractivity contribution < 1.29 is 4.74 Å². The minimum atomic E-state index is 0.911. The van der Waals surface area contributed by atoms with Gasteiger partial charge in [0.05, 0.1) is 0 Å². The third kappa shape index (κ3) is 3.49. The van der Waals surface area contributed by atoms with Gasteiger partial charge in [0.1, 0.15) is 11.5 Å². The van der Waals surface area contributed by atoms with Crippen LogP contribution < -0.4 is 4.74 Å². The fraction of sp³-hybridized carbons (Fsp3) is 0. The highest BCUT2D eigenvalue weighted by Gasteiger charge is 2.20. The Balaban J connectivity index is 1.10. The molecule has 190 valence electrons. The van der Waals surface area contributed by atoms with Crippen LogP contribution in [0.5, 0.6) is 11.5 Å². The van der Waals surface area contributed by atoms with Gasteiger partial charge < -0.3 is 4.74 Å². The summed E-state index contributed by atoms with van der Waals surface area (Å²) in [6.45, 7) is 0. The molecule has 9 rings (SSSR count). The number of fused-ring (bicyclic) bond motifs is 6. The average Bonchev–Trinajstić information content (AvgIpc) is 3.04. The van der Waals surface area contributed by atoms with Crippen molar-refractivity contribution in [2.24, 2.45) is 0 Å². The minimum absolute atomic E-state index is 0.911. The Labute approximate surface area is 237 Å². The number of benzene rings is 8. The summed E-state index contributed by atoms with van der Waals surface area (Å²) in [5, 5.41) is 10.0. The topological polar surface area (TPSA) is 9.23 Å². The Kier molecular flexibility index (Phi) is 4.67. The fourth-order valence-electron chi connectivity index (χ4n) is 6.54. The molecule has 41 heavy (non-hydrogen) atoms. The molecule has 0 bridgehead atoms. The molecule has 0 atom stereocenters. The van der Waals surface area contributed by atoms with E-state index in [1.165, 1.54) is 70.9 Å². The van der Waals surface area contributed by atoms with Crippen LogP contribution in [0.3, 0.4) is 0 Å². The molecule has 0 saturated heterocycles. The maximum Gasteiger partial charge on any atom is 0.135 e. The summed E-state index contributed by atoms with van der Waals surface area (Å²) >= 11 is 0. The molecule has 1 aliphatic rings. The summed E-state index contributed by atoms with van der Waals surface area (Å²) in [5.74, 6) is 1.84. The van der Waals surface area contributed by atoms with E-state index in [0.29, 0.717) is 0 Å². The van der Waals surface area contributed by atoms with Gasteiger partial charge >= 0.3 is 0 Å². The first-order valence-electron chi connectivity index (χ1n) is 14.1. The van der Waals surface area contributed by atoms with E-state index in [4.69, 9.17) is 4.74 Å². The van der Waals surface area contributed by atoms with Gasteiger partial charge in [-0.1, -0.05) is 109 Å². The number of hydrogen-bond acceptors (Lipinski definition) is 1. The molecule has 0 fully saturated rings. The van der Waals surface area contributed by atoms with E-state index >= 15 is 0 Å². The van der Waals surface area contributed by atoms with Gasteiger partial charge in [0.25, 0.3) is 0 Å². The molecule has 0 amide bonds. The highest BCUT2D eigenvalue weighted by atomic mass is 16.5. The van der Waals surface area contributed by atoms with Gasteiger partial charge in [0, 0.05) is 10.9 Å². The first-order valence-corrected chi connectivity index (χ1v) is 14.1. The average molecular weight is 521 g/mol. The molecular formula is C40H24O. The smallest absolute Gasteiger partial charge is 0.135 e. The van der Waals surface area contributed by atoms with Crippen molar-refractivity contribution in [3.63, 3.8) is 0 Å². The molecule has 0 saturated carbocycles. The van der Waals surface area contributed by atoms with Crippen molar-refractivity contribution in [3.05, 3.63) is 146 Å². The Morgan fingerprint density at radius 2 is 0.902 bits per heavy atom. The lowest BCUT2D eigenvalue weighted by molar-refractivity contribution is 0.487. The predicted molar refractivity (Wildman–Crippen MR) is 173 cm³/mol. The lowest BCUT2D eigenvalue weighted by Crippen LogP contribution is -1.97. The first-order chi connectivity index (χ1) is 20.3. The van der Waals surface area contributed by atoms with Crippen molar-refractivity contribution in [2.45, 2.75) is 0 Å². The quantitative estimate of drug-likeness (QED) is 0.206. The minimum Gasteiger partial charge on any atom is -0.456 e. The lowest BCUT2D eigenvalue weighted by atomic mass is 9.91. The zero-order valence-electron chi connectivity index (χ0n) is 22.3. The van der Waals surface area contributed by atoms with Crippen LogP contribution in [0.1, 0.15) is 0 Å². The Morgan fingerprint density at radius 1 is 0.317 bits per heavy atom. The molecule has 0 N–H and O–H groups in total. The fourth-order valence-corrected chi connectivity index (χ4v) is 6.54. The molecule has 0 unspecified atom stereocenters. The molecular weight excluding hydrogens is 496 g/mol. The third-order valence-electron chi connectivity index (χ3n) is 8.61. The van der Waals surface area contributed by atoms with Gasteiger partial charge in [-0.05, 0) is 102 Å². The normalized spacial score (nSPS) is 12.1. The maximum atomic E-state index is 6.31. The zero-order chi connectivity index (χ0) is 26.9. The van der Waals surface area contributed by atoms with Crippen LogP contribution in [0, 0.1) is 0 Å². The van der Waals surface area contributed by atoms with E-state index in [1.807, 2.05) is 0 Å². The highest BCUT2D eigenvalue weighted by molar-refractivity contribution is 6.09. The van der Waals surface area contributed by atoms with Gasteiger partial charge in [0.15, 0.2) is 0 Å². The summed E-state index contributed by atoms with van der Waals surface area (Å²) in [6, 6.07) is 52.7. The first kappa shape index (κ1) is 22.4. The van der Waals surface area contributed by atoms with Crippen molar-refractivity contribution in [3.8, 4) is 44.9 Å². The number of hydrogen-bond donors (Lipinski definition) is 0. The largest absolute Gasteiger partial charge is 0.456 e. The molecule has 1 nitrogen and oxygen atoms in total. The van der Waals surface area contributed by atoms with Crippen molar-refractivity contribution >= 4 is 43.1 Å². The number of rotatable bonds is 2. The van der Waals surface area contributed by atoms with E-state index in [1.54, 1.807) is 0 Å². The maximum absolute atomic E-state index is 6.31. The molecule has 0 spiro atoms. The van der Waals surface area contributed by atoms with E-state index in [2.05, 4.69) is 146 Å². The Bertz CT molecular complexity index is 2340. The second-order valence-corrected chi connectivity index (χ2v) is 11.0. The van der Waals surface area contributed by atoms with Crippen LogP contribution in [0.4, 0.5) is 0 Å². The van der Waals surface area contributed by atoms with Crippen LogP contribution in [-0.2, 0) is 0 Å². The Morgan fingerprint density at radius 3 is 1.73 bits per heavy atom. The predicted octanol–water partition coefficient (Wildman–Crippen LogP) is 11.4. The van der Waals surface area contributed by atoms with Crippen LogP contribution >= 0.6 is 0 Å². The van der Waals surface area contributed by atoms with Crippen LogP contribution in [0.25, 0.3) is 76.5 Å². The molecule has 0 aliphatic carbocycles. The second-order valence-electron chi connectivity index (χ2n) is 11.0. The molecule has 0 aromatic heterocycles. The van der Waals surface area contributed by atoms with Gasteiger partial charge in [0.2, 0.25) is 0 Å². The molecule has 1 heterocycles. The SMILES string of the molecule is c1cc2c3c(cccc3c1)-c1cc(-c3ccc4cc(-c5ccc6c(ccc7ccccc76)c5)ccc4c3)ccc1O2. The van der Waals surface area contributed by atoms with Crippen LogP contribution in [0.15, 0.2) is 146 Å². The van der Waals surface area contributed by atoms with Crippen LogP contribution in [0.2, 0.25) is 0 Å². The van der Waals surface area contributed by atoms with E-state index < -0.39 is 0 Å². The molecule has 1 aliphatic heterocycles. The van der Waals surface area contributed by atoms with E-state index in [-0.39, 0.29) is 0 Å². The summed E-state index contributed by atoms with van der Waals surface area (Å²) in [6.07, 6.45) is 0. The molecule has 8 aromatic carbocycles. The summed E-state index contributed by atoms with van der Waals surface area (Å²) in [5.41, 5.74) is 7.25. The molecule has 1 heteroatoms. The van der Waals surface area contributed by atoms with Gasteiger partial charge in [-0.2, -0.15) is 0 Å². The third-order valence-corrected chi connectivity index (χ3v) is 8.61. The van der Waals surface area contributed by atoms with Gasteiger partial charge in [-0.25, -0.2) is 0 Å². The number of ether oxygens (including phenoxy) is 1.